The second-order valence-electron chi connectivity index (χ2n) is 14.3. The summed E-state index contributed by atoms with van der Waals surface area (Å²) in [7, 11) is 3.65. The molecule has 0 radical (unpaired) electrons. The first-order valence-electron chi connectivity index (χ1n) is 18.7. The minimum Gasteiger partial charge on any atom is -0.481 e. The number of hydrogen-bond acceptors (Lipinski definition) is 20. The third kappa shape index (κ3) is 85.5. The average Bonchev–Trinajstić information content (AvgIpc) is 3.88. The van der Waals surface area contributed by atoms with Crippen molar-refractivity contribution in [3.8, 4) is 0 Å². The number of aromatic nitrogens is 4. The third-order valence-corrected chi connectivity index (χ3v) is 4.59. The number of amides is 2. The van der Waals surface area contributed by atoms with E-state index in [9.17, 15) is 33.6 Å². The van der Waals surface area contributed by atoms with Crippen LogP contribution in [0, 0.1) is 0 Å². The summed E-state index contributed by atoms with van der Waals surface area (Å²) in [5.74, 6) is 2.36. The topological polar surface area (TPSA) is 389 Å². The van der Waals surface area contributed by atoms with Gasteiger partial charge in [0.1, 0.15) is 16.8 Å². The maximum absolute atomic E-state index is 11.2. The molecule has 0 aliphatic heterocycles. The Morgan fingerprint density at radius 3 is 1.26 bits per heavy atom. The lowest BCUT2D eigenvalue weighted by molar-refractivity contribution is -0.155. The smallest absolute Gasteiger partial charge is 0.481 e. The molecule has 2 aromatic rings. The highest BCUT2D eigenvalue weighted by molar-refractivity contribution is 5.85. The lowest BCUT2D eigenvalue weighted by Crippen LogP contribution is -2.29. The number of aliphatic imine (C=N–C) groups is 1. The molecule has 0 spiro atoms. The summed E-state index contributed by atoms with van der Waals surface area (Å²) in [5, 5.41) is 28.7. The number of carbonyl (C=O) groups excluding carboxylic acids is 5. The van der Waals surface area contributed by atoms with Gasteiger partial charge in [0, 0.05) is 46.2 Å². The highest BCUT2D eigenvalue weighted by atomic mass is 35.5. The SMILES string of the molecule is C.C.C.CC(C)(C)OC(=O)CCc1ncno1.CC(C)(C)OC(=O)OC(=O)OC(C)(C)C.CCC(=O)N=CN(C)C.CCC(=O)O.CCC(N)=O.CCc1ncno1.Cl.NCC(=O)O.NO. The molecule has 0 atom stereocenters. The Labute approximate surface area is 397 Å². The van der Waals surface area contributed by atoms with Gasteiger partial charge in [-0.25, -0.2) is 20.5 Å². The number of primary amides is 1. The minimum absolute atomic E-state index is 0. The van der Waals surface area contributed by atoms with Crippen molar-refractivity contribution in [3.63, 3.8) is 0 Å². The molecule has 0 aliphatic rings. The zero-order valence-electron chi connectivity index (χ0n) is 39.2. The largest absolute Gasteiger partial charge is 0.519 e. The second-order valence-corrected chi connectivity index (χ2v) is 14.3. The van der Waals surface area contributed by atoms with Crippen molar-refractivity contribution in [1.29, 1.82) is 0 Å². The Kier molecular flexibility index (Phi) is 63.7. The van der Waals surface area contributed by atoms with Crippen molar-refractivity contribution in [2.45, 2.75) is 168 Å². The first-order valence-corrected chi connectivity index (χ1v) is 18.7. The summed E-state index contributed by atoms with van der Waals surface area (Å²) in [5.41, 5.74) is 7.40. The number of esters is 1. The van der Waals surface area contributed by atoms with Crippen LogP contribution in [0.1, 0.15) is 150 Å². The van der Waals surface area contributed by atoms with Gasteiger partial charge in [-0.15, -0.1) is 12.4 Å². The molecule has 0 aromatic carbocycles. The zero-order valence-corrected chi connectivity index (χ0v) is 40.0. The van der Waals surface area contributed by atoms with E-state index < -0.39 is 41.1 Å². The van der Waals surface area contributed by atoms with Gasteiger partial charge in [0.25, 0.3) is 0 Å². The number of nitrogens with two attached hydrogens (primary N) is 3. The maximum atomic E-state index is 11.2. The zero-order chi connectivity index (χ0) is 50.1. The van der Waals surface area contributed by atoms with Crippen LogP contribution in [0.2, 0.25) is 0 Å². The fraction of sp³-hybridized carbons (Fsp3) is 0.700. The van der Waals surface area contributed by atoms with E-state index in [-0.39, 0.29) is 71.9 Å². The first kappa shape index (κ1) is 83.7. The Hall–Kier alpha value is -5.79. The molecule has 25 nitrogen and oxygen atoms in total. The van der Waals surface area contributed by atoms with Gasteiger partial charge in [0.15, 0.2) is 12.7 Å². The molecule has 0 bridgehead atoms. The molecule has 0 aliphatic carbocycles. The highest BCUT2D eigenvalue weighted by Crippen LogP contribution is 2.12. The molecule has 0 fully saturated rings. The number of aliphatic carboxylic acids is 2. The number of nitrogens with zero attached hydrogens (tertiary/aromatic N) is 6. The summed E-state index contributed by atoms with van der Waals surface area (Å²) < 4.78 is 28.3. The molecule has 9 N–H and O–H groups in total. The van der Waals surface area contributed by atoms with E-state index in [0.717, 1.165) is 6.42 Å². The molecule has 0 saturated carbocycles. The van der Waals surface area contributed by atoms with Crippen LogP contribution in [0.15, 0.2) is 26.7 Å². The first-order chi connectivity index (χ1) is 28.4. The van der Waals surface area contributed by atoms with Gasteiger partial charge in [-0.2, -0.15) is 9.97 Å². The fourth-order valence-electron chi connectivity index (χ4n) is 2.14. The van der Waals surface area contributed by atoms with E-state index in [2.05, 4.69) is 51.9 Å². The van der Waals surface area contributed by atoms with Crippen LogP contribution in [0.3, 0.4) is 0 Å². The molecule has 2 rings (SSSR count). The highest BCUT2D eigenvalue weighted by Gasteiger charge is 2.24. The molecule has 2 aromatic heterocycles. The monoisotopic (exact) mass is 982 g/mol. The van der Waals surface area contributed by atoms with E-state index in [1.54, 1.807) is 67.2 Å². The van der Waals surface area contributed by atoms with Crippen molar-refractivity contribution in [2.24, 2.45) is 22.4 Å². The Balaban J connectivity index is -0.0000000711. The van der Waals surface area contributed by atoms with Crippen LogP contribution in [-0.2, 0) is 55.8 Å². The fourth-order valence-corrected chi connectivity index (χ4v) is 2.14. The number of halogens is 1. The number of carbonyl (C=O) groups is 7. The number of ether oxygens (including phenoxy) is 4. The number of carboxylic acid groups (broad SMARTS) is 2. The normalized spacial score (nSPS) is 9.24. The molecule has 0 unspecified atom stereocenters. The van der Waals surface area contributed by atoms with Gasteiger partial charge >= 0.3 is 30.2 Å². The molecule has 2 heterocycles. The molecular weight excluding hydrogens is 898 g/mol. The van der Waals surface area contributed by atoms with Crippen LogP contribution in [0.25, 0.3) is 0 Å². The van der Waals surface area contributed by atoms with Crippen LogP contribution in [0.4, 0.5) is 9.59 Å². The Morgan fingerprint density at radius 2 is 1.05 bits per heavy atom. The van der Waals surface area contributed by atoms with Crippen molar-refractivity contribution in [3.05, 3.63) is 24.4 Å². The van der Waals surface area contributed by atoms with E-state index in [1.165, 1.54) is 19.0 Å². The summed E-state index contributed by atoms with van der Waals surface area (Å²) >= 11 is 0. The number of aryl methyl sites for hydroxylation is 2. The van der Waals surface area contributed by atoms with Crippen molar-refractivity contribution in [1.82, 2.24) is 25.2 Å². The molecule has 2 amide bonds. The van der Waals surface area contributed by atoms with Crippen molar-refractivity contribution >= 4 is 60.8 Å². The Bertz CT molecular complexity index is 1430. The summed E-state index contributed by atoms with van der Waals surface area (Å²) in [6.45, 7) is 22.3. The van der Waals surface area contributed by atoms with Crippen molar-refractivity contribution in [2.75, 3.05) is 20.6 Å². The summed E-state index contributed by atoms with van der Waals surface area (Å²) in [6.07, 6.45) is 4.75. The molecule has 26 heteroatoms. The van der Waals surface area contributed by atoms with Gasteiger partial charge in [0.2, 0.25) is 23.6 Å². The van der Waals surface area contributed by atoms with Crippen LogP contribution in [0.5, 0.6) is 0 Å². The van der Waals surface area contributed by atoms with Gasteiger partial charge in [-0.1, -0.05) is 60.3 Å². The quantitative estimate of drug-likeness (QED) is 0.0394. The van der Waals surface area contributed by atoms with E-state index >= 15 is 0 Å². The van der Waals surface area contributed by atoms with Crippen molar-refractivity contribution < 1.29 is 77.0 Å². The number of carboxylic acids is 2. The van der Waals surface area contributed by atoms with Crippen LogP contribution in [-0.4, -0.2) is 126 Å². The predicted octanol–water partition coefficient (Wildman–Crippen LogP) is 6.42. The molecule has 0 saturated heterocycles. The maximum Gasteiger partial charge on any atom is 0.519 e. The third-order valence-electron chi connectivity index (χ3n) is 4.59. The molecular formula is C40H84ClN9O16. The number of hydrogen-bond donors (Lipinski definition) is 6. The molecule has 66 heavy (non-hydrogen) atoms. The summed E-state index contributed by atoms with van der Waals surface area (Å²) in [4.78, 5) is 84.8. The lowest BCUT2D eigenvalue weighted by Gasteiger charge is -2.20. The minimum atomic E-state index is -1.06. The number of rotatable bonds is 9. The van der Waals surface area contributed by atoms with E-state index in [4.69, 9.17) is 34.2 Å². The predicted molar refractivity (Wildman–Crippen MR) is 251 cm³/mol. The van der Waals surface area contributed by atoms with E-state index in [0.29, 0.717) is 31.0 Å². The van der Waals surface area contributed by atoms with E-state index in [1.807, 2.05) is 41.8 Å². The van der Waals surface area contributed by atoms with Crippen LogP contribution >= 0.6 is 12.4 Å². The van der Waals surface area contributed by atoms with Gasteiger partial charge in [0.05, 0.1) is 19.3 Å². The van der Waals surface area contributed by atoms with Gasteiger partial charge < -0.3 is 59.8 Å². The van der Waals surface area contributed by atoms with Crippen LogP contribution < -0.4 is 17.4 Å². The standard InChI is InChI=1S/C10H18O5.C9H14N2O3.C6H12N2O.C4H6N2O.C3H7NO.C3H6O2.C2H5NO2.3CH4.ClH.H3NO/c1-9(2,3)14-7(11)13-8(12)15-10(4,5)6;1-9(2,3)13-8(12)5-4-7-10-6-11-14-7;1-4-6(9)7-5-8(2)3;1-2-4-5-3-6-7-4;2*1-2-3(4)5;3-1-2(4)5;;;;;1-2/h1-6H3;6H,4-5H2,1-3H3;5H,4H2,1-3H3;3H,2H2,1H3;2H2,1H3,(H2,4,5);2H2,1H3,(H,4,5);1,3H2,(H,4,5);3*1H4;1H;2H,1H2. The lowest BCUT2D eigenvalue weighted by atomic mass is 10.2. The van der Waals surface area contributed by atoms with Gasteiger partial charge in [-0.3, -0.25) is 24.0 Å². The second kappa shape index (κ2) is 50.2. The summed E-state index contributed by atoms with van der Waals surface area (Å²) in [6, 6.07) is 0. The molecule has 392 valence electrons. The average molecular weight is 983 g/mol. The van der Waals surface area contributed by atoms with Gasteiger partial charge in [-0.05, 0) is 62.3 Å². The Morgan fingerprint density at radius 1 is 0.697 bits per heavy atom.